The highest BCUT2D eigenvalue weighted by Crippen LogP contribution is 2.17. The summed E-state index contributed by atoms with van der Waals surface area (Å²) < 4.78 is 1.40. The maximum Gasteiger partial charge on any atom is 0.327 e. The largest absolute Gasteiger partial charge is 0.328 e. The first-order valence-corrected chi connectivity index (χ1v) is 5.75. The fraction of sp³-hybridized carbons (Fsp3) is 0.300. The van der Waals surface area contributed by atoms with Crippen LogP contribution in [0.5, 0.6) is 0 Å². The summed E-state index contributed by atoms with van der Waals surface area (Å²) in [6.07, 6.45) is 4.64. The summed E-state index contributed by atoms with van der Waals surface area (Å²) in [6, 6.07) is -0.286. The van der Waals surface area contributed by atoms with Crippen LogP contribution < -0.4 is 5.32 Å². The van der Waals surface area contributed by atoms with Crippen molar-refractivity contribution in [2.45, 2.75) is 19.9 Å². The van der Waals surface area contributed by atoms with E-state index in [9.17, 15) is 4.79 Å². The highest BCUT2D eigenvalue weighted by Gasteiger charge is 2.13. The summed E-state index contributed by atoms with van der Waals surface area (Å²) in [7, 11) is 0. The number of amides is 1. The molecule has 1 unspecified atom stereocenters. The molecule has 0 aliphatic heterocycles. The molecule has 1 amide bonds. The molecule has 0 bridgehead atoms. The lowest BCUT2D eigenvalue weighted by Crippen LogP contribution is -2.30. The van der Waals surface area contributed by atoms with Gasteiger partial charge in [0.15, 0.2) is 0 Å². The molecule has 0 aliphatic carbocycles. The van der Waals surface area contributed by atoms with E-state index in [-0.39, 0.29) is 12.1 Å². The molecule has 0 aromatic carbocycles. The van der Waals surface area contributed by atoms with Gasteiger partial charge in [-0.15, -0.1) is 11.3 Å². The molecule has 1 N–H and O–H groups in total. The smallest absolute Gasteiger partial charge is 0.327 e. The fourth-order valence-electron chi connectivity index (χ4n) is 1.27. The number of imidazole rings is 1. The maximum absolute atomic E-state index is 11.7. The van der Waals surface area contributed by atoms with Crippen LogP contribution in [0.15, 0.2) is 24.1 Å². The number of nitrogens with zero attached hydrogens (tertiary/aromatic N) is 3. The topological polar surface area (TPSA) is 59.8 Å². The molecule has 16 heavy (non-hydrogen) atoms. The van der Waals surface area contributed by atoms with E-state index in [4.69, 9.17) is 0 Å². The van der Waals surface area contributed by atoms with Gasteiger partial charge in [-0.25, -0.2) is 14.8 Å². The van der Waals surface area contributed by atoms with Gasteiger partial charge in [0, 0.05) is 23.5 Å². The van der Waals surface area contributed by atoms with Crippen LogP contribution in [0.1, 0.15) is 23.7 Å². The molecular formula is C10H12N4OS. The summed E-state index contributed by atoms with van der Waals surface area (Å²) in [6.45, 7) is 3.84. The Morgan fingerprint density at radius 1 is 1.62 bits per heavy atom. The standard InChI is InChI=1S/C10H12N4OS/c1-7-5-16-9(12-7)8(2)13-10(15)14-4-3-11-6-14/h3-6,8H,1-2H3,(H,13,15). The second kappa shape index (κ2) is 4.44. The average molecular weight is 236 g/mol. The van der Waals surface area contributed by atoms with Gasteiger partial charge < -0.3 is 5.32 Å². The first-order chi connectivity index (χ1) is 7.66. The van der Waals surface area contributed by atoms with Crippen LogP contribution in [0.25, 0.3) is 0 Å². The number of hydrogen-bond donors (Lipinski definition) is 1. The van der Waals surface area contributed by atoms with Crippen molar-refractivity contribution < 1.29 is 4.79 Å². The average Bonchev–Trinajstić information content (AvgIpc) is 2.87. The number of rotatable bonds is 2. The van der Waals surface area contributed by atoms with Crippen molar-refractivity contribution in [3.05, 3.63) is 34.8 Å². The van der Waals surface area contributed by atoms with Gasteiger partial charge in [0.2, 0.25) is 0 Å². The minimum absolute atomic E-state index is 0.0893. The zero-order valence-electron chi connectivity index (χ0n) is 9.04. The molecule has 0 aliphatic rings. The van der Waals surface area contributed by atoms with E-state index in [0.29, 0.717) is 0 Å². The van der Waals surface area contributed by atoms with Gasteiger partial charge >= 0.3 is 6.03 Å². The molecule has 1 atom stereocenters. The summed E-state index contributed by atoms with van der Waals surface area (Å²) >= 11 is 1.55. The Kier molecular flexibility index (Phi) is 3.00. The molecule has 84 valence electrons. The third-order valence-corrected chi connectivity index (χ3v) is 3.23. The molecule has 5 nitrogen and oxygen atoms in total. The molecule has 0 saturated carbocycles. The Morgan fingerprint density at radius 3 is 3.00 bits per heavy atom. The highest BCUT2D eigenvalue weighted by atomic mass is 32.1. The SMILES string of the molecule is Cc1csc(C(C)NC(=O)n2ccnc2)n1. The van der Waals surface area contributed by atoms with E-state index in [1.807, 2.05) is 19.2 Å². The normalized spacial score (nSPS) is 12.4. The van der Waals surface area contributed by atoms with Crippen molar-refractivity contribution in [1.29, 1.82) is 0 Å². The van der Waals surface area contributed by atoms with Gasteiger partial charge in [-0.05, 0) is 13.8 Å². The van der Waals surface area contributed by atoms with Crippen molar-refractivity contribution in [3.8, 4) is 0 Å². The minimum Gasteiger partial charge on any atom is -0.328 e. The number of carbonyl (C=O) groups excluding carboxylic acids is 1. The number of carbonyl (C=O) groups is 1. The monoisotopic (exact) mass is 236 g/mol. The van der Waals surface area contributed by atoms with E-state index < -0.39 is 0 Å². The van der Waals surface area contributed by atoms with E-state index in [2.05, 4.69) is 15.3 Å². The molecule has 0 saturated heterocycles. The molecule has 2 aromatic heterocycles. The molecular weight excluding hydrogens is 224 g/mol. The number of thiazole rings is 1. The first kappa shape index (κ1) is 10.8. The molecule has 0 spiro atoms. The van der Waals surface area contributed by atoms with Gasteiger partial charge in [0.1, 0.15) is 11.3 Å². The maximum atomic E-state index is 11.7. The zero-order chi connectivity index (χ0) is 11.5. The lowest BCUT2D eigenvalue weighted by molar-refractivity contribution is 0.239. The van der Waals surface area contributed by atoms with Gasteiger partial charge in [0.25, 0.3) is 0 Å². The van der Waals surface area contributed by atoms with Crippen LogP contribution in [0.3, 0.4) is 0 Å². The molecule has 2 rings (SSSR count). The van der Waals surface area contributed by atoms with Crippen molar-refractivity contribution in [1.82, 2.24) is 19.9 Å². The summed E-state index contributed by atoms with van der Waals surface area (Å²) in [5.74, 6) is 0. The Hall–Kier alpha value is -1.69. The molecule has 2 aromatic rings. The molecule has 2 heterocycles. The Bertz CT molecular complexity index is 477. The summed E-state index contributed by atoms with van der Waals surface area (Å²) in [5, 5.41) is 5.72. The van der Waals surface area contributed by atoms with Crippen molar-refractivity contribution >= 4 is 17.4 Å². The van der Waals surface area contributed by atoms with Crippen molar-refractivity contribution in [2.75, 3.05) is 0 Å². The second-order valence-electron chi connectivity index (χ2n) is 3.47. The van der Waals surface area contributed by atoms with Gasteiger partial charge in [-0.1, -0.05) is 0 Å². The van der Waals surface area contributed by atoms with Crippen LogP contribution in [-0.2, 0) is 0 Å². The van der Waals surface area contributed by atoms with Crippen LogP contribution >= 0.6 is 11.3 Å². The number of aryl methyl sites for hydroxylation is 1. The minimum atomic E-state index is -0.196. The summed E-state index contributed by atoms with van der Waals surface area (Å²) in [4.78, 5) is 19.8. The second-order valence-corrected chi connectivity index (χ2v) is 4.36. The van der Waals surface area contributed by atoms with Gasteiger partial charge in [0.05, 0.1) is 6.04 Å². The van der Waals surface area contributed by atoms with E-state index >= 15 is 0 Å². The number of nitrogens with one attached hydrogen (secondary N) is 1. The quantitative estimate of drug-likeness (QED) is 0.867. The van der Waals surface area contributed by atoms with Gasteiger partial charge in [-0.2, -0.15) is 0 Å². The van der Waals surface area contributed by atoms with Crippen LogP contribution in [-0.4, -0.2) is 20.6 Å². The Labute approximate surface area is 97.2 Å². The van der Waals surface area contributed by atoms with Crippen LogP contribution in [0.4, 0.5) is 4.79 Å². The van der Waals surface area contributed by atoms with Crippen molar-refractivity contribution in [2.24, 2.45) is 0 Å². The van der Waals surface area contributed by atoms with Crippen molar-refractivity contribution in [3.63, 3.8) is 0 Å². The van der Waals surface area contributed by atoms with Gasteiger partial charge in [-0.3, -0.25) is 4.57 Å². The van der Waals surface area contributed by atoms with E-state index in [0.717, 1.165) is 10.7 Å². The highest BCUT2D eigenvalue weighted by molar-refractivity contribution is 7.09. The third kappa shape index (κ3) is 2.27. The fourth-order valence-corrected chi connectivity index (χ4v) is 2.08. The van der Waals surface area contributed by atoms with Crippen LogP contribution in [0, 0.1) is 6.92 Å². The number of hydrogen-bond acceptors (Lipinski definition) is 4. The first-order valence-electron chi connectivity index (χ1n) is 4.87. The molecule has 6 heteroatoms. The lowest BCUT2D eigenvalue weighted by atomic mass is 10.3. The predicted molar refractivity (Wildman–Crippen MR) is 61.4 cm³/mol. The molecule has 0 fully saturated rings. The Morgan fingerprint density at radius 2 is 2.44 bits per heavy atom. The number of aromatic nitrogens is 3. The summed E-state index contributed by atoms with van der Waals surface area (Å²) in [5.41, 5.74) is 0.976. The van der Waals surface area contributed by atoms with E-state index in [1.165, 1.54) is 10.9 Å². The van der Waals surface area contributed by atoms with E-state index in [1.54, 1.807) is 23.7 Å². The zero-order valence-corrected chi connectivity index (χ0v) is 9.86. The third-order valence-electron chi connectivity index (χ3n) is 2.09. The Balaban J connectivity index is 2.03. The lowest BCUT2D eigenvalue weighted by Gasteiger charge is -2.10. The predicted octanol–water partition coefficient (Wildman–Crippen LogP) is 1.97. The van der Waals surface area contributed by atoms with Crippen LogP contribution in [0.2, 0.25) is 0 Å². The molecule has 0 radical (unpaired) electrons.